The lowest BCUT2D eigenvalue weighted by molar-refractivity contribution is -0.355. The fraction of sp³-hybridized carbons (Fsp3) is 0.217. The van der Waals surface area contributed by atoms with E-state index in [1.54, 1.807) is 24.4 Å². The van der Waals surface area contributed by atoms with Gasteiger partial charge < -0.3 is 15.3 Å². The smallest absolute Gasteiger partial charge is 0.350 e. The van der Waals surface area contributed by atoms with Crippen molar-refractivity contribution in [2.24, 2.45) is 5.16 Å². The molecule has 0 amide bonds. The van der Waals surface area contributed by atoms with E-state index in [1.807, 2.05) is 42.6 Å². The van der Waals surface area contributed by atoms with Crippen LogP contribution in [0.15, 0.2) is 78.2 Å². The van der Waals surface area contributed by atoms with Crippen LogP contribution in [0.25, 0.3) is 11.1 Å². The molecule has 4 rings (SSSR count). The fourth-order valence-electron chi connectivity index (χ4n) is 3.34. The Morgan fingerprint density at radius 3 is 2.19 bits per heavy atom. The molecule has 0 spiro atoms. The van der Waals surface area contributed by atoms with E-state index >= 15 is 0 Å². The van der Waals surface area contributed by atoms with E-state index in [0.29, 0.717) is 18.7 Å². The second kappa shape index (κ2) is 8.49. The number of nitrogens with one attached hydrogen (secondary N) is 1. The van der Waals surface area contributed by atoms with E-state index in [0.717, 1.165) is 22.3 Å². The van der Waals surface area contributed by atoms with Crippen molar-refractivity contribution in [3.63, 3.8) is 0 Å². The second-order valence-corrected chi connectivity index (χ2v) is 7.33. The highest BCUT2D eigenvalue weighted by molar-refractivity contribution is 6.01. The summed E-state index contributed by atoms with van der Waals surface area (Å²) in [6.45, 7) is 1.14. The largest absolute Gasteiger partial charge is 0.458 e. The van der Waals surface area contributed by atoms with Gasteiger partial charge in [0.2, 0.25) is 0 Å². The van der Waals surface area contributed by atoms with Gasteiger partial charge in [-0.3, -0.25) is 4.98 Å². The number of oxime groups is 1. The van der Waals surface area contributed by atoms with Crippen LogP contribution in [-0.4, -0.2) is 27.8 Å². The maximum atomic E-state index is 12.9. The summed E-state index contributed by atoms with van der Waals surface area (Å²) in [6, 6.07) is 19.0. The first-order valence-electron chi connectivity index (χ1n) is 9.68. The molecule has 3 aromatic rings. The van der Waals surface area contributed by atoms with E-state index in [2.05, 4.69) is 26.4 Å². The molecular weight excluding hydrogens is 407 g/mol. The number of hydrogen-bond donors (Lipinski definition) is 2. The predicted molar refractivity (Wildman–Crippen MR) is 110 cm³/mol. The fourth-order valence-corrected chi connectivity index (χ4v) is 3.34. The first kappa shape index (κ1) is 21.0. The Balaban J connectivity index is 1.38. The van der Waals surface area contributed by atoms with Gasteiger partial charge in [0, 0.05) is 25.5 Å². The van der Waals surface area contributed by atoms with Crippen LogP contribution in [-0.2, 0) is 17.9 Å². The van der Waals surface area contributed by atoms with Crippen molar-refractivity contribution in [2.45, 2.75) is 31.5 Å². The first-order chi connectivity index (χ1) is 14.8. The number of halogens is 3. The molecule has 31 heavy (non-hydrogen) atoms. The maximum Gasteiger partial charge on any atom is 0.458 e. The summed E-state index contributed by atoms with van der Waals surface area (Å²) >= 11 is 0. The van der Waals surface area contributed by atoms with Gasteiger partial charge in [0.15, 0.2) is 0 Å². The summed E-state index contributed by atoms with van der Waals surface area (Å²) in [5.74, 6) is -3.27. The summed E-state index contributed by atoms with van der Waals surface area (Å²) in [5.41, 5.74) is 4.64. The van der Waals surface area contributed by atoms with Gasteiger partial charge in [-0.05, 0) is 46.0 Å². The Hall–Kier alpha value is -3.23. The zero-order valence-electron chi connectivity index (χ0n) is 16.4. The van der Waals surface area contributed by atoms with Gasteiger partial charge in [-0.15, -0.1) is 0 Å². The predicted octanol–water partition coefficient (Wildman–Crippen LogP) is 4.41. The minimum atomic E-state index is -4.91. The van der Waals surface area contributed by atoms with Crippen molar-refractivity contribution < 1.29 is 23.1 Å². The average Bonchev–Trinajstić information content (AvgIpc) is 3.19. The number of pyridine rings is 1. The molecule has 1 aromatic heterocycles. The highest BCUT2D eigenvalue weighted by atomic mass is 19.4. The molecule has 2 aromatic carbocycles. The molecule has 5 nitrogen and oxygen atoms in total. The molecule has 1 unspecified atom stereocenters. The minimum absolute atomic E-state index is 0.0610. The normalized spacial score (nSPS) is 18.5. The molecule has 2 N–H and O–H groups in total. The third kappa shape index (κ3) is 4.76. The van der Waals surface area contributed by atoms with Crippen LogP contribution >= 0.6 is 0 Å². The van der Waals surface area contributed by atoms with Crippen molar-refractivity contribution >= 4 is 5.71 Å². The number of rotatable bonds is 6. The SMILES string of the molecule is OC1(C(F)(F)F)CC(c2cccc(CNCc3cccc(-c4cccnc4)c3)c2)=NO1. The van der Waals surface area contributed by atoms with Crippen LogP contribution in [0.4, 0.5) is 13.2 Å². The second-order valence-electron chi connectivity index (χ2n) is 7.33. The van der Waals surface area contributed by atoms with Crippen molar-refractivity contribution in [1.29, 1.82) is 0 Å². The molecule has 160 valence electrons. The molecule has 2 heterocycles. The highest BCUT2D eigenvalue weighted by Gasteiger charge is 2.60. The van der Waals surface area contributed by atoms with E-state index in [1.165, 1.54) is 0 Å². The zero-order valence-corrected chi connectivity index (χ0v) is 16.4. The minimum Gasteiger partial charge on any atom is -0.350 e. The van der Waals surface area contributed by atoms with Crippen LogP contribution in [0.5, 0.6) is 0 Å². The van der Waals surface area contributed by atoms with Gasteiger partial charge >= 0.3 is 12.0 Å². The molecule has 1 atom stereocenters. The topological polar surface area (TPSA) is 66.7 Å². The summed E-state index contributed by atoms with van der Waals surface area (Å²) in [7, 11) is 0. The number of hydrogen-bond acceptors (Lipinski definition) is 5. The van der Waals surface area contributed by atoms with Gasteiger partial charge in [-0.1, -0.05) is 47.6 Å². The van der Waals surface area contributed by atoms with Gasteiger partial charge in [0.25, 0.3) is 0 Å². The molecule has 1 aliphatic rings. The third-order valence-corrected chi connectivity index (χ3v) is 5.00. The molecule has 0 saturated carbocycles. The summed E-state index contributed by atoms with van der Waals surface area (Å²) in [6.07, 6.45) is -2.11. The van der Waals surface area contributed by atoms with Crippen LogP contribution in [0.2, 0.25) is 0 Å². The first-order valence-corrected chi connectivity index (χ1v) is 9.68. The summed E-state index contributed by atoms with van der Waals surface area (Å²) in [4.78, 5) is 8.44. The lowest BCUT2D eigenvalue weighted by Gasteiger charge is -2.22. The highest BCUT2D eigenvalue weighted by Crippen LogP contribution is 2.39. The van der Waals surface area contributed by atoms with Crippen LogP contribution in [0.3, 0.4) is 0 Å². The molecule has 0 saturated heterocycles. The van der Waals surface area contributed by atoms with Crippen molar-refractivity contribution in [1.82, 2.24) is 10.3 Å². The van der Waals surface area contributed by atoms with Crippen molar-refractivity contribution in [3.05, 3.63) is 89.7 Å². The van der Waals surface area contributed by atoms with Gasteiger partial charge in [0.05, 0.1) is 12.1 Å². The van der Waals surface area contributed by atoms with Crippen LogP contribution in [0, 0.1) is 0 Å². The van der Waals surface area contributed by atoms with E-state index < -0.39 is 18.4 Å². The lowest BCUT2D eigenvalue weighted by Crippen LogP contribution is -2.45. The van der Waals surface area contributed by atoms with Crippen molar-refractivity contribution in [2.75, 3.05) is 0 Å². The molecule has 0 aliphatic carbocycles. The molecule has 0 bridgehead atoms. The molecule has 0 fully saturated rings. The van der Waals surface area contributed by atoms with Crippen LogP contribution < -0.4 is 5.32 Å². The summed E-state index contributed by atoms with van der Waals surface area (Å²) < 4.78 is 38.7. The van der Waals surface area contributed by atoms with E-state index in [4.69, 9.17) is 0 Å². The van der Waals surface area contributed by atoms with E-state index in [-0.39, 0.29) is 5.71 Å². The molecule has 0 radical (unpaired) electrons. The standard InChI is InChI=1S/C23H20F3N3O2/c24-23(25,26)22(30)12-21(29-31-22)19-7-2-5-17(11-19)14-28-13-16-4-1-6-18(10-16)20-8-3-9-27-15-20/h1-11,15,28,30H,12-14H2. The maximum absolute atomic E-state index is 12.9. The van der Waals surface area contributed by atoms with E-state index in [9.17, 15) is 18.3 Å². The quantitative estimate of drug-likeness (QED) is 0.612. The molecule has 1 aliphatic heterocycles. The molecule has 8 heteroatoms. The zero-order chi connectivity index (χ0) is 21.9. The number of nitrogens with zero attached hydrogens (tertiary/aromatic N) is 2. The average molecular weight is 427 g/mol. The summed E-state index contributed by atoms with van der Waals surface area (Å²) in [5, 5.41) is 16.4. The Bertz CT molecular complexity index is 1090. The number of aliphatic hydroxyl groups is 1. The van der Waals surface area contributed by atoms with Gasteiger partial charge in [-0.25, -0.2) is 0 Å². The Morgan fingerprint density at radius 1 is 0.935 bits per heavy atom. The van der Waals surface area contributed by atoms with Crippen LogP contribution in [0.1, 0.15) is 23.1 Å². The molecular formula is C23H20F3N3O2. The number of aromatic nitrogens is 1. The van der Waals surface area contributed by atoms with Gasteiger partial charge in [-0.2, -0.15) is 13.2 Å². The Kier molecular flexibility index (Phi) is 5.75. The number of alkyl halides is 3. The Labute approximate surface area is 177 Å². The lowest BCUT2D eigenvalue weighted by atomic mass is 10.0. The van der Waals surface area contributed by atoms with Gasteiger partial charge in [0.1, 0.15) is 0 Å². The number of benzene rings is 2. The third-order valence-electron chi connectivity index (χ3n) is 5.00. The monoisotopic (exact) mass is 427 g/mol. The Morgan fingerprint density at radius 2 is 1.58 bits per heavy atom. The van der Waals surface area contributed by atoms with Crippen molar-refractivity contribution in [3.8, 4) is 11.1 Å².